The van der Waals surface area contributed by atoms with Crippen LogP contribution in [0.2, 0.25) is 5.02 Å². The molecule has 2 atom stereocenters. The number of urea groups is 1. The normalized spacial score (nSPS) is 22.2. The Labute approximate surface area is 231 Å². The van der Waals surface area contributed by atoms with Crippen LogP contribution >= 0.6 is 11.6 Å². The van der Waals surface area contributed by atoms with Gasteiger partial charge in [-0.1, -0.05) is 37.1 Å². The Hall–Kier alpha value is -2.58. The van der Waals surface area contributed by atoms with E-state index in [1.165, 1.54) is 12.0 Å². The number of piperazine rings is 1. The molecule has 1 aliphatic heterocycles. The van der Waals surface area contributed by atoms with Gasteiger partial charge >= 0.3 is 12.0 Å². The maximum absolute atomic E-state index is 13.4. The fourth-order valence-corrected chi connectivity index (χ4v) is 6.07. The largest absolute Gasteiger partial charge is 0.466 e. The number of hydrogen-bond donors (Lipinski definition) is 1. The zero-order valence-corrected chi connectivity index (χ0v) is 23.6. The van der Waals surface area contributed by atoms with Crippen LogP contribution in [0.3, 0.4) is 0 Å². The van der Waals surface area contributed by atoms with Crippen molar-refractivity contribution in [3.05, 3.63) is 40.9 Å². The second kappa shape index (κ2) is 12.5. The SMILES string of the molecule is CCOC(=O)CCC(=O)N1CCN(CCN(CC2=CCC3CC2C3(C)C)C(=O)Nc2ccc(Cl)cc2)CC1. The van der Waals surface area contributed by atoms with Gasteiger partial charge < -0.3 is 19.9 Å². The fourth-order valence-electron chi connectivity index (χ4n) is 5.95. The number of allylic oxidation sites excluding steroid dienone is 1. The molecule has 3 aliphatic carbocycles. The number of nitrogens with zero attached hydrogens (tertiary/aromatic N) is 3. The molecule has 2 fully saturated rings. The third kappa shape index (κ3) is 6.89. The monoisotopic (exact) mass is 544 g/mol. The molecule has 1 aromatic carbocycles. The molecule has 3 amide bonds. The number of hydrogen-bond acceptors (Lipinski definition) is 5. The van der Waals surface area contributed by atoms with Crippen LogP contribution in [-0.4, -0.2) is 85.0 Å². The summed E-state index contributed by atoms with van der Waals surface area (Å²) in [4.78, 5) is 43.5. The van der Waals surface area contributed by atoms with Crippen LogP contribution in [0.25, 0.3) is 0 Å². The summed E-state index contributed by atoms with van der Waals surface area (Å²) in [6.45, 7) is 11.5. The fraction of sp³-hybridized carbons (Fsp3) is 0.621. The zero-order valence-electron chi connectivity index (χ0n) is 22.9. The van der Waals surface area contributed by atoms with Gasteiger partial charge in [0.05, 0.1) is 13.0 Å². The summed E-state index contributed by atoms with van der Waals surface area (Å²) < 4.78 is 4.92. The molecular weight excluding hydrogens is 504 g/mol. The van der Waals surface area contributed by atoms with Crippen LogP contribution in [0, 0.1) is 17.3 Å². The number of amides is 3. The number of carbonyl (C=O) groups is 3. The van der Waals surface area contributed by atoms with Crippen molar-refractivity contribution in [1.29, 1.82) is 0 Å². The lowest BCUT2D eigenvalue weighted by Crippen LogP contribution is -2.52. The molecule has 1 aromatic rings. The van der Waals surface area contributed by atoms with E-state index in [4.69, 9.17) is 16.3 Å². The second-order valence-corrected chi connectivity index (χ2v) is 11.6. The number of esters is 1. The predicted octanol–water partition coefficient (Wildman–Crippen LogP) is 4.65. The van der Waals surface area contributed by atoms with Crippen molar-refractivity contribution in [1.82, 2.24) is 14.7 Å². The summed E-state index contributed by atoms with van der Waals surface area (Å²) >= 11 is 6.02. The Kier molecular flexibility index (Phi) is 9.36. The minimum Gasteiger partial charge on any atom is -0.466 e. The molecule has 9 heteroatoms. The van der Waals surface area contributed by atoms with Crippen LogP contribution in [0.5, 0.6) is 0 Å². The van der Waals surface area contributed by atoms with Gasteiger partial charge in [0.15, 0.2) is 0 Å². The van der Waals surface area contributed by atoms with Gasteiger partial charge in [0.2, 0.25) is 5.91 Å². The molecule has 0 spiro atoms. The van der Waals surface area contributed by atoms with Gasteiger partial charge in [-0.15, -0.1) is 0 Å². The van der Waals surface area contributed by atoms with Gasteiger partial charge in [-0.2, -0.15) is 0 Å². The highest BCUT2D eigenvalue weighted by atomic mass is 35.5. The van der Waals surface area contributed by atoms with Gasteiger partial charge in [0, 0.05) is 62.9 Å². The highest BCUT2D eigenvalue weighted by Gasteiger charge is 2.51. The Bertz CT molecular complexity index is 1030. The lowest BCUT2D eigenvalue weighted by atomic mass is 9.49. The molecule has 2 unspecified atom stereocenters. The number of halogens is 1. The minimum absolute atomic E-state index is 0.00711. The standard InChI is InChI=1S/C29H41ClN4O4/c1-4-38-27(36)12-11-26(35)33-16-13-32(14-17-33)15-18-34(28(37)31-24-9-7-23(30)8-10-24)20-21-5-6-22-19-25(21)29(22,2)3/h5,7-10,22,25H,4,6,11-20H2,1-3H3,(H,31,37). The van der Waals surface area contributed by atoms with E-state index in [-0.39, 0.29) is 30.7 Å². The van der Waals surface area contributed by atoms with E-state index in [9.17, 15) is 14.4 Å². The van der Waals surface area contributed by atoms with E-state index in [2.05, 4.69) is 30.1 Å². The lowest BCUT2D eigenvalue weighted by molar-refractivity contribution is -0.146. The molecule has 1 N–H and O–H groups in total. The number of fused-ring (bicyclic) bond motifs is 1. The van der Waals surface area contributed by atoms with Crippen LogP contribution in [0.15, 0.2) is 35.9 Å². The topological polar surface area (TPSA) is 82.2 Å². The molecule has 1 saturated heterocycles. The summed E-state index contributed by atoms with van der Waals surface area (Å²) in [6, 6.07) is 7.07. The summed E-state index contributed by atoms with van der Waals surface area (Å²) in [5, 5.41) is 3.67. The molecule has 4 aliphatic rings. The minimum atomic E-state index is -0.328. The van der Waals surface area contributed by atoms with Gasteiger partial charge in [-0.3, -0.25) is 14.5 Å². The van der Waals surface area contributed by atoms with E-state index in [0.29, 0.717) is 49.1 Å². The average Bonchev–Trinajstić information content (AvgIpc) is 2.91. The molecular formula is C29H41ClN4O4. The summed E-state index contributed by atoms with van der Waals surface area (Å²) in [5.41, 5.74) is 2.40. The van der Waals surface area contributed by atoms with Crippen molar-refractivity contribution in [2.24, 2.45) is 17.3 Å². The quantitative estimate of drug-likeness (QED) is 0.342. The molecule has 1 saturated carbocycles. The molecule has 8 nitrogen and oxygen atoms in total. The summed E-state index contributed by atoms with van der Waals surface area (Å²) in [7, 11) is 0. The second-order valence-electron chi connectivity index (χ2n) is 11.2. The first-order valence-electron chi connectivity index (χ1n) is 13.8. The van der Waals surface area contributed by atoms with Gasteiger partial charge in [0.25, 0.3) is 0 Å². The highest BCUT2D eigenvalue weighted by Crippen LogP contribution is 2.59. The third-order valence-corrected chi connectivity index (χ3v) is 8.85. The number of benzene rings is 1. The molecule has 1 heterocycles. The van der Waals surface area contributed by atoms with Gasteiger partial charge in [-0.25, -0.2) is 4.79 Å². The van der Waals surface area contributed by atoms with Crippen LogP contribution < -0.4 is 5.32 Å². The van der Waals surface area contributed by atoms with Gasteiger partial charge in [-0.05, 0) is 61.3 Å². The maximum atomic E-state index is 13.4. The molecule has 2 bridgehead atoms. The first-order valence-corrected chi connectivity index (χ1v) is 14.2. The number of nitrogens with one attached hydrogen (secondary N) is 1. The van der Waals surface area contributed by atoms with Crippen molar-refractivity contribution in [2.75, 3.05) is 57.7 Å². The molecule has 208 valence electrons. The Morgan fingerprint density at radius 1 is 1.11 bits per heavy atom. The predicted molar refractivity (Wildman–Crippen MR) is 149 cm³/mol. The molecule has 38 heavy (non-hydrogen) atoms. The highest BCUT2D eigenvalue weighted by molar-refractivity contribution is 6.30. The average molecular weight is 545 g/mol. The van der Waals surface area contributed by atoms with Crippen LogP contribution in [0.1, 0.15) is 46.5 Å². The number of carbonyl (C=O) groups excluding carboxylic acids is 3. The smallest absolute Gasteiger partial charge is 0.322 e. The van der Waals surface area contributed by atoms with Crippen molar-refractivity contribution in [3.8, 4) is 0 Å². The maximum Gasteiger partial charge on any atom is 0.322 e. The zero-order chi connectivity index (χ0) is 27.3. The van der Waals surface area contributed by atoms with Crippen molar-refractivity contribution in [2.45, 2.75) is 46.5 Å². The van der Waals surface area contributed by atoms with E-state index in [0.717, 1.165) is 37.7 Å². The number of rotatable bonds is 10. The summed E-state index contributed by atoms with van der Waals surface area (Å²) in [6.07, 6.45) is 4.98. The van der Waals surface area contributed by atoms with E-state index in [1.54, 1.807) is 19.1 Å². The Morgan fingerprint density at radius 2 is 1.82 bits per heavy atom. The van der Waals surface area contributed by atoms with E-state index in [1.807, 2.05) is 21.9 Å². The van der Waals surface area contributed by atoms with Crippen molar-refractivity contribution < 1.29 is 19.1 Å². The molecule has 0 radical (unpaired) electrons. The Morgan fingerprint density at radius 3 is 2.45 bits per heavy atom. The molecule has 0 aromatic heterocycles. The first kappa shape index (κ1) is 28.4. The third-order valence-electron chi connectivity index (χ3n) is 8.60. The Balaban J connectivity index is 1.31. The first-order chi connectivity index (χ1) is 18.2. The van der Waals surface area contributed by atoms with Crippen LogP contribution in [-0.2, 0) is 14.3 Å². The summed E-state index contributed by atoms with van der Waals surface area (Å²) in [5.74, 6) is 0.956. The van der Waals surface area contributed by atoms with Crippen LogP contribution in [0.4, 0.5) is 10.5 Å². The lowest BCUT2D eigenvalue weighted by Gasteiger charge is -2.57. The molecule has 5 rings (SSSR count). The van der Waals surface area contributed by atoms with Crippen molar-refractivity contribution >= 4 is 35.2 Å². The number of ether oxygens (including phenoxy) is 1. The van der Waals surface area contributed by atoms with E-state index < -0.39 is 0 Å². The van der Waals surface area contributed by atoms with E-state index >= 15 is 0 Å². The van der Waals surface area contributed by atoms with Crippen molar-refractivity contribution in [3.63, 3.8) is 0 Å². The number of anilines is 1. The van der Waals surface area contributed by atoms with Gasteiger partial charge in [0.1, 0.15) is 0 Å².